The summed E-state index contributed by atoms with van der Waals surface area (Å²) >= 11 is 0. The zero-order chi connectivity index (χ0) is 32.7. The molecule has 1 fully saturated rings. The first-order valence-corrected chi connectivity index (χ1v) is 14.1. The summed E-state index contributed by atoms with van der Waals surface area (Å²) in [7, 11) is 0. The van der Waals surface area contributed by atoms with Crippen molar-refractivity contribution in [3.63, 3.8) is 0 Å². The molecule has 0 unspecified atom stereocenters. The second kappa shape index (κ2) is 14.7. The fraction of sp³-hybridized carbons (Fsp3) is 0.419. The second-order valence-electron chi connectivity index (χ2n) is 10.2. The van der Waals surface area contributed by atoms with E-state index in [4.69, 9.17) is 33.2 Å². The van der Waals surface area contributed by atoms with E-state index < -0.39 is 54.6 Å². The topological polar surface area (TPSA) is 170 Å². The Kier molecular flexibility index (Phi) is 10.7. The van der Waals surface area contributed by atoms with Gasteiger partial charge in [-0.1, -0.05) is 12.1 Å². The van der Waals surface area contributed by atoms with Gasteiger partial charge in [0.25, 0.3) is 11.8 Å². The third kappa shape index (κ3) is 8.35. The van der Waals surface area contributed by atoms with Gasteiger partial charge in [-0.3, -0.25) is 33.7 Å². The quantitative estimate of drug-likeness (QED) is 0.145. The molecule has 2 heterocycles. The highest BCUT2D eigenvalue weighted by molar-refractivity contribution is 6.21. The first-order valence-electron chi connectivity index (χ1n) is 14.1. The van der Waals surface area contributed by atoms with Crippen LogP contribution in [0, 0.1) is 0 Å². The van der Waals surface area contributed by atoms with Crippen LogP contribution in [0.4, 0.5) is 0 Å². The van der Waals surface area contributed by atoms with Crippen LogP contribution in [0.1, 0.15) is 54.8 Å². The highest BCUT2D eigenvalue weighted by Gasteiger charge is 2.53. The number of fused-ring (bicyclic) bond motifs is 1. The predicted octanol–water partition coefficient (Wildman–Crippen LogP) is 2.21. The Hall–Kier alpha value is -4.98. The number of imide groups is 1. The molecule has 1 saturated heterocycles. The third-order valence-electron chi connectivity index (χ3n) is 6.70. The zero-order valence-electron chi connectivity index (χ0n) is 25.1. The highest BCUT2D eigenvalue weighted by atomic mass is 16.7. The number of hydrogen-bond donors (Lipinski definition) is 0. The summed E-state index contributed by atoms with van der Waals surface area (Å²) < 4.78 is 38.9. The molecule has 14 heteroatoms. The lowest BCUT2D eigenvalue weighted by Crippen LogP contribution is -2.63. The van der Waals surface area contributed by atoms with Crippen molar-refractivity contribution in [2.45, 2.75) is 64.8 Å². The number of nitrogens with zero attached hydrogens (tertiary/aromatic N) is 1. The number of carbonyl (C=O) groups excluding carboxylic acids is 6. The summed E-state index contributed by atoms with van der Waals surface area (Å²) in [6.45, 7) is 4.59. The minimum atomic E-state index is -1.38. The number of ether oxygens (including phenoxy) is 7. The molecule has 0 bridgehead atoms. The maximum atomic E-state index is 12.5. The lowest BCUT2D eigenvalue weighted by molar-refractivity contribution is -0.288. The van der Waals surface area contributed by atoms with E-state index in [9.17, 15) is 28.8 Å². The van der Waals surface area contributed by atoms with Gasteiger partial charge in [-0.2, -0.15) is 0 Å². The van der Waals surface area contributed by atoms with Crippen molar-refractivity contribution in [3.8, 4) is 11.5 Å². The Labute approximate surface area is 258 Å². The molecular weight excluding hydrogens is 594 g/mol. The predicted molar refractivity (Wildman–Crippen MR) is 151 cm³/mol. The van der Waals surface area contributed by atoms with Crippen molar-refractivity contribution in [2.24, 2.45) is 0 Å². The molecule has 0 aromatic heterocycles. The van der Waals surface area contributed by atoms with Crippen LogP contribution in [0.25, 0.3) is 0 Å². The molecule has 0 N–H and O–H groups in total. The standard InChI is InChI=1S/C31H33NO13/c1-17(33)40-16-25-26(41-18(2)34)27(42-19(3)35)28(43-20(4)36)31(45-25)44-22-12-10-21(11-13-22)39-15-7-14-32-29(37)23-8-5-6-9-24(23)30(32)38/h5-6,8-13,25-28,31H,7,14-16H2,1-4H3/t25-,26+,27+,28-,31+/m1/s1. The summed E-state index contributed by atoms with van der Waals surface area (Å²) in [5.41, 5.74) is 0.770. The molecule has 2 aliphatic heterocycles. The van der Waals surface area contributed by atoms with E-state index in [0.717, 1.165) is 20.8 Å². The van der Waals surface area contributed by atoms with Crippen LogP contribution >= 0.6 is 0 Å². The van der Waals surface area contributed by atoms with Gasteiger partial charge in [0.05, 0.1) is 17.7 Å². The van der Waals surface area contributed by atoms with Crippen molar-refractivity contribution in [2.75, 3.05) is 19.8 Å². The molecule has 0 aliphatic carbocycles. The first kappa shape index (κ1) is 32.9. The molecule has 2 amide bonds. The molecule has 45 heavy (non-hydrogen) atoms. The van der Waals surface area contributed by atoms with Crippen molar-refractivity contribution in [3.05, 3.63) is 59.7 Å². The normalized spacial score (nSPS) is 22.2. The average molecular weight is 628 g/mol. The largest absolute Gasteiger partial charge is 0.494 e. The van der Waals surface area contributed by atoms with Crippen LogP contribution < -0.4 is 9.47 Å². The number of rotatable bonds is 12. The molecule has 0 saturated carbocycles. The van der Waals surface area contributed by atoms with E-state index in [1.54, 1.807) is 48.5 Å². The zero-order valence-corrected chi connectivity index (χ0v) is 25.1. The molecule has 2 aromatic carbocycles. The van der Waals surface area contributed by atoms with Gasteiger partial charge >= 0.3 is 23.9 Å². The smallest absolute Gasteiger partial charge is 0.303 e. The van der Waals surface area contributed by atoms with Gasteiger partial charge in [0.1, 0.15) is 24.2 Å². The monoisotopic (exact) mass is 627 g/mol. The lowest BCUT2D eigenvalue weighted by Gasteiger charge is -2.43. The summed E-state index contributed by atoms with van der Waals surface area (Å²) in [5.74, 6) is -2.85. The minimum Gasteiger partial charge on any atom is -0.494 e. The first-order chi connectivity index (χ1) is 21.4. The Morgan fingerprint density at radius 2 is 1.24 bits per heavy atom. The van der Waals surface area contributed by atoms with Gasteiger partial charge < -0.3 is 33.2 Å². The van der Waals surface area contributed by atoms with E-state index in [0.29, 0.717) is 23.3 Å². The van der Waals surface area contributed by atoms with Gasteiger partial charge in [-0.25, -0.2) is 0 Å². The summed E-state index contributed by atoms with van der Waals surface area (Å²) in [5, 5.41) is 0. The van der Waals surface area contributed by atoms with E-state index in [-0.39, 0.29) is 37.3 Å². The molecule has 4 rings (SSSR count). The average Bonchev–Trinajstić information content (AvgIpc) is 3.22. The Morgan fingerprint density at radius 1 is 0.711 bits per heavy atom. The summed E-state index contributed by atoms with van der Waals surface area (Å²) in [6, 6.07) is 13.0. The number of benzene rings is 2. The minimum absolute atomic E-state index is 0.191. The molecule has 5 atom stereocenters. The number of amides is 2. The Morgan fingerprint density at radius 3 is 1.80 bits per heavy atom. The SMILES string of the molecule is CC(=O)OC[C@H]1O[C@H](Oc2ccc(OCCCN3C(=O)c4ccccc4C3=O)cc2)[C@H](OC(C)=O)[C@@H](OC(C)=O)[C@H]1OC(C)=O. The molecule has 2 aliphatic rings. The van der Waals surface area contributed by atoms with Crippen LogP contribution in [0.3, 0.4) is 0 Å². The fourth-order valence-electron chi connectivity index (χ4n) is 4.89. The van der Waals surface area contributed by atoms with Crippen molar-refractivity contribution in [1.82, 2.24) is 4.90 Å². The van der Waals surface area contributed by atoms with Gasteiger partial charge in [-0.15, -0.1) is 0 Å². The molecule has 240 valence electrons. The molecule has 0 spiro atoms. The van der Waals surface area contributed by atoms with E-state index >= 15 is 0 Å². The second-order valence-corrected chi connectivity index (χ2v) is 10.2. The van der Waals surface area contributed by atoms with Gasteiger partial charge in [0, 0.05) is 34.2 Å². The van der Waals surface area contributed by atoms with Crippen molar-refractivity contribution < 1.29 is 61.9 Å². The molecule has 2 aromatic rings. The molecule has 14 nitrogen and oxygen atoms in total. The Balaban J connectivity index is 1.41. The number of carbonyl (C=O) groups is 6. The highest BCUT2D eigenvalue weighted by Crippen LogP contribution is 2.31. The summed E-state index contributed by atoms with van der Waals surface area (Å²) in [6.07, 6.45) is -6.16. The Bertz CT molecular complexity index is 1400. The van der Waals surface area contributed by atoms with Gasteiger partial charge in [0.2, 0.25) is 12.4 Å². The van der Waals surface area contributed by atoms with Crippen molar-refractivity contribution >= 4 is 35.7 Å². The fourth-order valence-corrected chi connectivity index (χ4v) is 4.89. The lowest BCUT2D eigenvalue weighted by atomic mass is 9.98. The van der Waals surface area contributed by atoms with Crippen LogP contribution in [-0.4, -0.2) is 91.1 Å². The van der Waals surface area contributed by atoms with E-state index in [1.165, 1.54) is 11.8 Å². The van der Waals surface area contributed by atoms with Crippen LogP contribution in [-0.2, 0) is 42.9 Å². The van der Waals surface area contributed by atoms with Crippen LogP contribution in [0.2, 0.25) is 0 Å². The number of hydrogen-bond acceptors (Lipinski definition) is 13. The third-order valence-corrected chi connectivity index (χ3v) is 6.70. The molecular formula is C31H33NO13. The van der Waals surface area contributed by atoms with Crippen LogP contribution in [0.5, 0.6) is 11.5 Å². The molecule has 0 radical (unpaired) electrons. The number of esters is 4. The van der Waals surface area contributed by atoms with Gasteiger partial charge in [0.15, 0.2) is 12.2 Å². The maximum absolute atomic E-state index is 12.5. The van der Waals surface area contributed by atoms with Crippen LogP contribution in [0.15, 0.2) is 48.5 Å². The van der Waals surface area contributed by atoms with Crippen molar-refractivity contribution in [1.29, 1.82) is 0 Å². The summed E-state index contributed by atoms with van der Waals surface area (Å²) in [4.78, 5) is 73.6. The van der Waals surface area contributed by atoms with E-state index in [2.05, 4.69) is 0 Å². The maximum Gasteiger partial charge on any atom is 0.303 e. The van der Waals surface area contributed by atoms with E-state index in [1.807, 2.05) is 0 Å². The van der Waals surface area contributed by atoms with Gasteiger partial charge in [-0.05, 0) is 42.8 Å².